The van der Waals surface area contributed by atoms with Crippen LogP contribution in [0.2, 0.25) is 35.7 Å². The van der Waals surface area contributed by atoms with Gasteiger partial charge in [0.05, 0.1) is 29.7 Å². The third kappa shape index (κ3) is 7.06. The Kier molecular flexibility index (Phi) is 10.6. The molecule has 0 unspecified atom stereocenters. The van der Waals surface area contributed by atoms with E-state index in [9.17, 15) is 14.4 Å². The van der Waals surface area contributed by atoms with Crippen LogP contribution in [-0.2, 0) is 24.7 Å². The number of rotatable bonds is 11. The van der Waals surface area contributed by atoms with E-state index in [0.717, 1.165) is 6.04 Å². The van der Waals surface area contributed by atoms with Gasteiger partial charge in [-0.2, -0.15) is 0 Å². The van der Waals surface area contributed by atoms with Crippen LogP contribution in [0, 0.1) is 17.7 Å². The zero-order chi connectivity index (χ0) is 34.1. The molecule has 2 aliphatic heterocycles. The predicted molar refractivity (Wildman–Crippen MR) is 182 cm³/mol. The Hall–Kier alpha value is -3.08. The quantitative estimate of drug-likeness (QED) is 0.114. The molecule has 0 aliphatic carbocycles. The van der Waals surface area contributed by atoms with Gasteiger partial charge in [0.2, 0.25) is 0 Å². The summed E-state index contributed by atoms with van der Waals surface area (Å²) in [6, 6.07) is 15.8. The van der Waals surface area contributed by atoms with Gasteiger partial charge in [-0.05, 0) is 67.8 Å². The first-order valence-electron chi connectivity index (χ1n) is 15.8. The fourth-order valence-corrected chi connectivity index (χ4v) is 7.46. The number of esters is 1. The van der Waals surface area contributed by atoms with Crippen LogP contribution < -0.4 is 0 Å². The van der Waals surface area contributed by atoms with Crippen molar-refractivity contribution in [3.63, 3.8) is 0 Å². The van der Waals surface area contributed by atoms with Crippen molar-refractivity contribution in [2.45, 2.75) is 57.2 Å². The summed E-state index contributed by atoms with van der Waals surface area (Å²) in [4.78, 5) is 43.5. The summed E-state index contributed by atoms with van der Waals surface area (Å²) in [5.41, 5.74) is -0.814. The van der Waals surface area contributed by atoms with Crippen molar-refractivity contribution in [1.29, 1.82) is 0 Å². The zero-order valence-corrected chi connectivity index (χ0v) is 29.8. The van der Waals surface area contributed by atoms with Gasteiger partial charge >= 0.3 is 5.97 Å². The Bertz CT molecular complexity index is 1640. The van der Waals surface area contributed by atoms with Gasteiger partial charge in [0.25, 0.3) is 5.91 Å². The summed E-state index contributed by atoms with van der Waals surface area (Å²) in [6.07, 6.45) is 1.03. The number of fused-ring (bicyclic) bond motifs is 1. The minimum absolute atomic E-state index is 0.0181. The molecule has 0 bridgehead atoms. The number of halogens is 3. The number of hydrogen-bond acceptors (Lipinski definition) is 6. The standard InChI is InChI=1S/C36H40Cl2FNO6Si/c1-22(35(43)46-18-19-47(3,4)5)32(23-6-10-27(37)11-7-23)40-34(42)29-20-25(33(41)24-14-16-45-17-15-24)21-30(39)31(29)36(40,44-2)26-8-12-28(38)13-9-26/h6-13,20-22,24,32H,14-19H2,1-5H3/t22-,32-,36+/m0/s1. The Labute approximate surface area is 286 Å². The number of ether oxygens (including phenoxy) is 3. The minimum Gasteiger partial charge on any atom is -0.466 e. The van der Waals surface area contributed by atoms with Crippen LogP contribution in [0.4, 0.5) is 4.39 Å². The van der Waals surface area contributed by atoms with E-state index in [0.29, 0.717) is 47.2 Å². The number of hydrogen-bond donors (Lipinski definition) is 0. The van der Waals surface area contributed by atoms with Crippen LogP contribution in [-0.4, -0.2) is 57.6 Å². The third-order valence-corrected chi connectivity index (χ3v) is 11.3. The highest BCUT2D eigenvalue weighted by atomic mass is 35.5. The molecule has 2 aliphatic rings. The van der Waals surface area contributed by atoms with Crippen LogP contribution in [0.5, 0.6) is 0 Å². The molecule has 0 saturated carbocycles. The Balaban J connectivity index is 1.69. The number of carbonyl (C=O) groups is 3. The van der Waals surface area contributed by atoms with Crippen molar-refractivity contribution >= 4 is 48.9 Å². The summed E-state index contributed by atoms with van der Waals surface area (Å²) in [5, 5.41) is 0.898. The largest absolute Gasteiger partial charge is 0.466 e. The van der Waals surface area contributed by atoms with Crippen LogP contribution in [0.3, 0.4) is 0 Å². The molecule has 3 atom stereocenters. The van der Waals surface area contributed by atoms with Gasteiger partial charge < -0.3 is 14.2 Å². The maximum atomic E-state index is 16.7. The van der Waals surface area contributed by atoms with E-state index in [1.165, 1.54) is 24.1 Å². The summed E-state index contributed by atoms with van der Waals surface area (Å²) < 4.78 is 34.1. The first-order valence-corrected chi connectivity index (χ1v) is 20.3. The molecular formula is C36H40Cl2FNO6Si. The summed E-state index contributed by atoms with van der Waals surface area (Å²) in [6.45, 7) is 9.38. The van der Waals surface area contributed by atoms with E-state index in [1.807, 2.05) is 0 Å². The van der Waals surface area contributed by atoms with Crippen LogP contribution >= 0.6 is 23.2 Å². The van der Waals surface area contributed by atoms with Crippen molar-refractivity contribution in [1.82, 2.24) is 4.90 Å². The molecule has 1 fully saturated rings. The molecule has 0 radical (unpaired) electrons. The van der Waals surface area contributed by atoms with Crippen molar-refractivity contribution in [2.24, 2.45) is 11.8 Å². The smallest absolute Gasteiger partial charge is 0.311 e. The van der Waals surface area contributed by atoms with E-state index < -0.39 is 43.5 Å². The lowest BCUT2D eigenvalue weighted by molar-refractivity contribution is -0.155. The van der Waals surface area contributed by atoms with Gasteiger partial charge in [0.15, 0.2) is 11.5 Å². The summed E-state index contributed by atoms with van der Waals surface area (Å²) >= 11 is 12.5. The Morgan fingerprint density at radius 2 is 1.62 bits per heavy atom. The average Bonchev–Trinajstić information content (AvgIpc) is 3.30. The van der Waals surface area contributed by atoms with Crippen molar-refractivity contribution in [3.8, 4) is 0 Å². The molecular weight excluding hydrogens is 660 g/mol. The number of amides is 1. The molecule has 250 valence electrons. The second kappa shape index (κ2) is 14.2. The molecule has 5 rings (SSSR count). The monoisotopic (exact) mass is 699 g/mol. The lowest BCUT2D eigenvalue weighted by Gasteiger charge is -2.44. The second-order valence-electron chi connectivity index (χ2n) is 13.4. The highest BCUT2D eigenvalue weighted by Crippen LogP contribution is 2.52. The van der Waals surface area contributed by atoms with Gasteiger partial charge in [-0.3, -0.25) is 19.3 Å². The molecule has 11 heteroatoms. The van der Waals surface area contributed by atoms with Crippen LogP contribution in [0.1, 0.15) is 63.2 Å². The molecule has 3 aromatic rings. The number of methoxy groups -OCH3 is 1. The minimum atomic E-state index is -1.83. The van der Waals surface area contributed by atoms with E-state index >= 15 is 4.39 Å². The first-order chi connectivity index (χ1) is 22.3. The maximum Gasteiger partial charge on any atom is 0.311 e. The van der Waals surface area contributed by atoms with Crippen LogP contribution in [0.15, 0.2) is 60.7 Å². The van der Waals surface area contributed by atoms with Crippen molar-refractivity contribution in [3.05, 3.63) is 104 Å². The number of carbonyl (C=O) groups excluding carboxylic acids is 3. The molecule has 1 amide bonds. The van der Waals surface area contributed by atoms with E-state index in [-0.39, 0.29) is 35.0 Å². The van der Waals surface area contributed by atoms with Gasteiger partial charge in [0, 0.05) is 55.5 Å². The fourth-order valence-electron chi connectivity index (χ4n) is 6.49. The Morgan fingerprint density at radius 1 is 1.02 bits per heavy atom. The van der Waals surface area contributed by atoms with Crippen molar-refractivity contribution < 1.29 is 33.0 Å². The number of Topliss-reactive ketones (excluding diaryl/α,β-unsaturated/α-hetero) is 1. The molecule has 2 heterocycles. The summed E-state index contributed by atoms with van der Waals surface area (Å²) in [5.74, 6) is -3.38. The highest BCUT2D eigenvalue weighted by molar-refractivity contribution is 6.76. The van der Waals surface area contributed by atoms with E-state index in [4.69, 9.17) is 37.4 Å². The zero-order valence-electron chi connectivity index (χ0n) is 27.3. The lowest BCUT2D eigenvalue weighted by Crippen LogP contribution is -2.51. The highest BCUT2D eigenvalue weighted by Gasteiger charge is 2.58. The van der Waals surface area contributed by atoms with Gasteiger partial charge in [-0.15, -0.1) is 0 Å². The molecule has 3 aromatic carbocycles. The first kappa shape index (κ1) is 35.2. The van der Waals surface area contributed by atoms with Crippen molar-refractivity contribution in [2.75, 3.05) is 26.9 Å². The van der Waals surface area contributed by atoms with E-state index in [2.05, 4.69) is 19.6 Å². The normalized spacial score (nSPS) is 19.7. The third-order valence-electron chi connectivity index (χ3n) is 9.06. The number of nitrogens with zero attached hydrogens (tertiary/aromatic N) is 1. The van der Waals surface area contributed by atoms with Gasteiger partial charge in [0.1, 0.15) is 5.82 Å². The van der Waals surface area contributed by atoms with E-state index in [1.54, 1.807) is 55.5 Å². The topological polar surface area (TPSA) is 82.1 Å². The predicted octanol–water partition coefficient (Wildman–Crippen LogP) is 8.30. The molecule has 7 nitrogen and oxygen atoms in total. The van der Waals surface area contributed by atoms with Crippen LogP contribution in [0.25, 0.3) is 0 Å². The summed E-state index contributed by atoms with van der Waals surface area (Å²) in [7, 11) is -0.121. The lowest BCUT2D eigenvalue weighted by atomic mass is 9.86. The SMILES string of the molecule is CO[C@]1(c2ccc(Cl)cc2)c2c(F)cc(C(=O)C3CCOCC3)cc2C(=O)N1[C@H](c1ccc(Cl)cc1)[C@H](C)C(=O)OCC[Si](C)(C)C. The average molecular weight is 701 g/mol. The van der Waals surface area contributed by atoms with Gasteiger partial charge in [-0.25, -0.2) is 4.39 Å². The molecule has 0 spiro atoms. The molecule has 0 N–H and O–H groups in total. The Morgan fingerprint density at radius 3 is 2.19 bits per heavy atom. The molecule has 0 aromatic heterocycles. The molecule has 1 saturated heterocycles. The molecule has 47 heavy (non-hydrogen) atoms. The number of ketones is 1. The maximum absolute atomic E-state index is 16.7. The fraction of sp³-hybridized carbons (Fsp3) is 0.417. The number of benzene rings is 3. The second-order valence-corrected chi connectivity index (χ2v) is 19.9. The van der Waals surface area contributed by atoms with Gasteiger partial charge in [-0.1, -0.05) is 67.1 Å².